The Kier molecular flexibility index (Phi) is 41.2. The van der Waals surface area contributed by atoms with Gasteiger partial charge in [-0.1, -0.05) is 212 Å². The van der Waals surface area contributed by atoms with E-state index < -0.39 is 26.5 Å². The van der Waals surface area contributed by atoms with Gasteiger partial charge in [-0.15, -0.1) is 0 Å². The Morgan fingerprint density at radius 1 is 0.508 bits per heavy atom. The van der Waals surface area contributed by atoms with Crippen LogP contribution in [0.5, 0.6) is 0 Å². The lowest BCUT2D eigenvalue weighted by atomic mass is 10.0. The van der Waals surface area contributed by atoms with Gasteiger partial charge in [0.25, 0.3) is 0 Å². The van der Waals surface area contributed by atoms with Gasteiger partial charge in [0.2, 0.25) is 0 Å². The van der Waals surface area contributed by atoms with Crippen LogP contribution in [0, 0.1) is 0 Å². The number of carbonyl (C=O) groups is 2. The van der Waals surface area contributed by atoms with E-state index in [0.717, 1.165) is 32.1 Å². The molecular weight excluding hydrogens is 762 g/mol. The highest BCUT2D eigenvalue weighted by Crippen LogP contribution is 2.43. The number of likely N-dealkylation sites (N-methyl/N-ethyl adjacent to an activating group) is 1. The fourth-order valence-corrected chi connectivity index (χ4v) is 7.89. The number of quaternary nitrogens is 1. The predicted octanol–water partition coefficient (Wildman–Crippen LogP) is 14.5. The molecule has 0 aliphatic rings. The zero-order valence-corrected chi connectivity index (χ0v) is 40.4. The summed E-state index contributed by atoms with van der Waals surface area (Å²) in [6.07, 6.45) is 45.6. The van der Waals surface area contributed by atoms with E-state index in [1.165, 1.54) is 173 Å². The van der Waals surface area contributed by atoms with Gasteiger partial charge in [-0.2, -0.15) is 0 Å². The third-order valence-corrected chi connectivity index (χ3v) is 12.0. The molecule has 1 N–H and O–H groups in total. The summed E-state index contributed by atoms with van der Waals surface area (Å²) in [5, 5.41) is 0. The summed E-state index contributed by atoms with van der Waals surface area (Å²) >= 11 is 0. The van der Waals surface area contributed by atoms with Crippen molar-refractivity contribution < 1.29 is 42.1 Å². The van der Waals surface area contributed by atoms with Crippen molar-refractivity contribution in [1.29, 1.82) is 0 Å². The van der Waals surface area contributed by atoms with Crippen molar-refractivity contribution in [3.8, 4) is 0 Å². The van der Waals surface area contributed by atoms with E-state index in [0.29, 0.717) is 17.4 Å². The van der Waals surface area contributed by atoms with Crippen LogP contribution in [-0.4, -0.2) is 74.9 Å². The molecule has 0 radical (unpaired) electrons. The Bertz CT molecular complexity index is 1020. The van der Waals surface area contributed by atoms with Crippen LogP contribution in [0.3, 0.4) is 0 Å². The number of hydrogen-bond donors (Lipinski definition) is 1. The van der Waals surface area contributed by atoms with Crippen LogP contribution in [0.25, 0.3) is 0 Å². The van der Waals surface area contributed by atoms with Crippen molar-refractivity contribution >= 4 is 19.8 Å². The summed E-state index contributed by atoms with van der Waals surface area (Å²) in [6, 6.07) is 0. The van der Waals surface area contributed by atoms with Crippen molar-refractivity contribution in [2.24, 2.45) is 0 Å². The van der Waals surface area contributed by atoms with Crippen LogP contribution >= 0.6 is 7.82 Å². The van der Waals surface area contributed by atoms with Crippen LogP contribution in [0.15, 0.2) is 12.2 Å². The maximum atomic E-state index is 12.7. The average molecular weight is 859 g/mol. The second-order valence-corrected chi connectivity index (χ2v) is 19.7. The van der Waals surface area contributed by atoms with Gasteiger partial charge in [-0.05, 0) is 25.7 Å². The standard InChI is InChI=1S/C49H96NO8P/c1-6-8-10-12-14-16-18-20-22-23-24-25-26-28-29-31-33-35-37-39-41-48(51)55-45-47(46-57-59(53,54)56-44-43-50(3,4)5)58-49(52)42-40-38-36-34-32-30-27-21-19-17-15-13-11-9-7-2/h36,38,47H,6-35,37,39-46H2,1-5H3/p+1/b38-36+/t47-/m1/s1. The number of phosphoric acid groups is 1. The maximum absolute atomic E-state index is 12.7. The monoisotopic (exact) mass is 859 g/mol. The number of nitrogens with zero attached hydrogens (tertiary/aromatic N) is 1. The molecule has 0 fully saturated rings. The first kappa shape index (κ1) is 57.8. The van der Waals surface area contributed by atoms with Crippen molar-refractivity contribution in [2.75, 3.05) is 47.5 Å². The van der Waals surface area contributed by atoms with E-state index >= 15 is 0 Å². The SMILES string of the molecule is CCCCCCCCCCCCC/C=C/CCC(=O)O[C@H](COC(=O)CCCCCCCCCCCCCCCCCCCCCC)COP(=O)(O)OCC[N+](C)(C)C. The fourth-order valence-electron chi connectivity index (χ4n) is 7.15. The molecule has 0 aromatic heterocycles. The lowest BCUT2D eigenvalue weighted by molar-refractivity contribution is -0.870. The first-order valence-corrected chi connectivity index (χ1v) is 26.4. The number of unbranched alkanes of at least 4 members (excludes halogenated alkanes) is 30. The van der Waals surface area contributed by atoms with Crippen LogP contribution in [0.4, 0.5) is 0 Å². The van der Waals surface area contributed by atoms with E-state index in [-0.39, 0.29) is 32.0 Å². The number of carbonyl (C=O) groups excluding carboxylic acids is 2. The second kappa shape index (κ2) is 42.1. The zero-order chi connectivity index (χ0) is 43.6. The Balaban J connectivity index is 4.24. The van der Waals surface area contributed by atoms with Gasteiger partial charge in [0.1, 0.15) is 19.8 Å². The van der Waals surface area contributed by atoms with E-state index in [9.17, 15) is 19.0 Å². The highest BCUT2D eigenvalue weighted by molar-refractivity contribution is 7.47. The quantitative estimate of drug-likeness (QED) is 0.0212. The summed E-state index contributed by atoms with van der Waals surface area (Å²) in [7, 11) is 1.47. The molecule has 0 aliphatic carbocycles. The molecule has 0 bridgehead atoms. The first-order valence-electron chi connectivity index (χ1n) is 24.9. The Morgan fingerprint density at radius 3 is 1.32 bits per heavy atom. The smallest absolute Gasteiger partial charge is 0.462 e. The highest BCUT2D eigenvalue weighted by atomic mass is 31.2. The van der Waals surface area contributed by atoms with Crippen molar-refractivity contribution in [3.63, 3.8) is 0 Å². The van der Waals surface area contributed by atoms with Gasteiger partial charge in [0.15, 0.2) is 6.10 Å². The summed E-state index contributed by atoms with van der Waals surface area (Å²) in [5.74, 6) is -0.841. The van der Waals surface area contributed by atoms with Gasteiger partial charge in [0.05, 0.1) is 27.7 Å². The molecule has 0 aromatic rings. The molecule has 0 amide bonds. The number of hydrogen-bond acceptors (Lipinski definition) is 7. The van der Waals surface area contributed by atoms with Gasteiger partial charge in [-0.25, -0.2) is 4.57 Å². The van der Waals surface area contributed by atoms with Crippen molar-refractivity contribution in [2.45, 2.75) is 245 Å². The second-order valence-electron chi connectivity index (χ2n) is 18.2. The number of rotatable bonds is 46. The number of esters is 2. The van der Waals surface area contributed by atoms with Crippen LogP contribution < -0.4 is 0 Å². The molecule has 0 heterocycles. The number of phosphoric ester groups is 1. The molecule has 2 atom stereocenters. The van der Waals surface area contributed by atoms with Crippen molar-refractivity contribution in [3.05, 3.63) is 12.2 Å². The van der Waals surface area contributed by atoms with Crippen molar-refractivity contribution in [1.82, 2.24) is 0 Å². The molecule has 350 valence electrons. The molecule has 0 aromatic carbocycles. The zero-order valence-electron chi connectivity index (χ0n) is 39.5. The molecule has 0 spiro atoms. The molecule has 9 nitrogen and oxygen atoms in total. The molecule has 10 heteroatoms. The van der Waals surface area contributed by atoms with Gasteiger partial charge in [0, 0.05) is 12.8 Å². The minimum absolute atomic E-state index is 0.0295. The molecule has 0 saturated heterocycles. The highest BCUT2D eigenvalue weighted by Gasteiger charge is 2.27. The minimum Gasteiger partial charge on any atom is -0.462 e. The molecule has 0 aliphatic heterocycles. The number of allylic oxidation sites excluding steroid dienone is 2. The third kappa shape index (κ3) is 46.1. The first-order chi connectivity index (χ1) is 28.5. The van der Waals surface area contributed by atoms with E-state index in [1.807, 2.05) is 27.2 Å². The van der Waals surface area contributed by atoms with Gasteiger partial charge < -0.3 is 18.9 Å². The molecule has 59 heavy (non-hydrogen) atoms. The average Bonchev–Trinajstić information content (AvgIpc) is 3.19. The fraction of sp³-hybridized carbons (Fsp3) is 0.918. The predicted molar refractivity (Wildman–Crippen MR) is 248 cm³/mol. The topological polar surface area (TPSA) is 108 Å². The van der Waals surface area contributed by atoms with Crippen LogP contribution in [0.1, 0.15) is 239 Å². The van der Waals surface area contributed by atoms with E-state index in [4.69, 9.17) is 18.5 Å². The lowest BCUT2D eigenvalue weighted by Crippen LogP contribution is -2.37. The normalized spacial score (nSPS) is 13.5. The van der Waals surface area contributed by atoms with Gasteiger partial charge >= 0.3 is 19.8 Å². The van der Waals surface area contributed by atoms with Crippen LogP contribution in [0.2, 0.25) is 0 Å². The summed E-state index contributed by atoms with van der Waals surface area (Å²) in [4.78, 5) is 35.4. The third-order valence-electron chi connectivity index (χ3n) is 11.1. The summed E-state index contributed by atoms with van der Waals surface area (Å²) in [6.45, 7) is 4.43. The Labute approximate surface area is 365 Å². The summed E-state index contributed by atoms with van der Waals surface area (Å²) < 4.78 is 34.4. The Morgan fingerprint density at radius 2 is 0.898 bits per heavy atom. The Hall–Kier alpha value is -1.25. The minimum atomic E-state index is -4.38. The molecule has 0 rings (SSSR count). The largest absolute Gasteiger partial charge is 0.472 e. The molecule has 1 unspecified atom stereocenters. The lowest BCUT2D eigenvalue weighted by Gasteiger charge is -2.24. The van der Waals surface area contributed by atoms with E-state index in [2.05, 4.69) is 19.9 Å². The maximum Gasteiger partial charge on any atom is 0.472 e. The van der Waals surface area contributed by atoms with E-state index in [1.54, 1.807) is 0 Å². The molecule has 0 saturated carbocycles. The molecular formula is C49H97NO8P+. The van der Waals surface area contributed by atoms with Crippen LogP contribution in [-0.2, 0) is 32.7 Å². The number of ether oxygens (including phenoxy) is 2. The summed E-state index contributed by atoms with van der Waals surface area (Å²) in [5.41, 5.74) is 0. The van der Waals surface area contributed by atoms with Gasteiger partial charge in [-0.3, -0.25) is 18.6 Å².